The van der Waals surface area contributed by atoms with Crippen LogP contribution in [0.5, 0.6) is 11.5 Å². The zero-order chi connectivity index (χ0) is 17.4. The number of para-hydroxylation sites is 1. The van der Waals surface area contributed by atoms with Crippen LogP contribution < -0.4 is 14.8 Å². The highest BCUT2D eigenvalue weighted by atomic mass is 19.1. The normalized spacial score (nSPS) is 10.1. The van der Waals surface area contributed by atoms with E-state index >= 15 is 0 Å². The number of nitrogens with one attached hydrogen (secondary N) is 1. The molecule has 0 fully saturated rings. The molecular weight excluding hydrogens is 311 g/mol. The van der Waals surface area contributed by atoms with Crippen molar-refractivity contribution in [2.45, 2.75) is 6.54 Å². The van der Waals surface area contributed by atoms with E-state index in [4.69, 9.17) is 9.47 Å². The van der Waals surface area contributed by atoms with Crippen molar-refractivity contribution in [1.29, 1.82) is 0 Å². The molecule has 0 saturated heterocycles. The second-order valence-corrected chi connectivity index (χ2v) is 5.21. The Labute approximate surface area is 141 Å². The number of hydrogen-bond acceptors (Lipinski definition) is 3. The number of benzene rings is 2. The Balaban J connectivity index is 1.74. The van der Waals surface area contributed by atoms with Crippen molar-refractivity contribution in [2.24, 2.45) is 0 Å². The molecule has 2 rings (SSSR count). The van der Waals surface area contributed by atoms with Crippen LogP contribution in [0.4, 0.5) is 9.18 Å². The van der Waals surface area contributed by atoms with Gasteiger partial charge in [0.2, 0.25) is 0 Å². The van der Waals surface area contributed by atoms with Crippen LogP contribution in [0.3, 0.4) is 0 Å². The lowest BCUT2D eigenvalue weighted by molar-refractivity contribution is 0.193. The summed E-state index contributed by atoms with van der Waals surface area (Å²) in [7, 11) is 3.26. The van der Waals surface area contributed by atoms with Gasteiger partial charge in [0.1, 0.15) is 12.4 Å². The van der Waals surface area contributed by atoms with Gasteiger partial charge < -0.3 is 19.7 Å². The first-order chi connectivity index (χ1) is 11.6. The molecule has 0 bridgehead atoms. The van der Waals surface area contributed by atoms with Crippen LogP contribution in [0.25, 0.3) is 0 Å². The minimum atomic E-state index is -0.414. The van der Waals surface area contributed by atoms with E-state index in [1.807, 2.05) is 24.3 Å². The molecule has 24 heavy (non-hydrogen) atoms. The first kappa shape index (κ1) is 17.6. The predicted molar refractivity (Wildman–Crippen MR) is 89.8 cm³/mol. The number of halogens is 1. The molecule has 0 heterocycles. The molecule has 0 atom stereocenters. The van der Waals surface area contributed by atoms with E-state index in [1.54, 1.807) is 32.4 Å². The van der Waals surface area contributed by atoms with Gasteiger partial charge in [-0.05, 0) is 29.8 Å². The van der Waals surface area contributed by atoms with E-state index < -0.39 is 5.82 Å². The number of carbonyl (C=O) groups excluding carboxylic acids is 1. The highest BCUT2D eigenvalue weighted by Crippen LogP contribution is 2.15. The number of rotatable bonds is 7. The van der Waals surface area contributed by atoms with E-state index in [9.17, 15) is 9.18 Å². The van der Waals surface area contributed by atoms with Crippen molar-refractivity contribution in [3.05, 3.63) is 59.9 Å². The Morgan fingerprint density at radius 3 is 2.75 bits per heavy atom. The van der Waals surface area contributed by atoms with Gasteiger partial charge in [-0.3, -0.25) is 0 Å². The summed E-state index contributed by atoms with van der Waals surface area (Å²) in [6, 6.07) is 13.4. The Bertz CT molecular complexity index is 679. The summed E-state index contributed by atoms with van der Waals surface area (Å²) in [5, 5.41) is 2.81. The monoisotopic (exact) mass is 332 g/mol. The first-order valence-electron chi connectivity index (χ1n) is 7.59. The summed E-state index contributed by atoms with van der Waals surface area (Å²) < 4.78 is 23.9. The third-order valence-corrected chi connectivity index (χ3v) is 3.45. The quantitative estimate of drug-likeness (QED) is 0.848. The second kappa shape index (κ2) is 8.76. The Morgan fingerprint density at radius 2 is 2.00 bits per heavy atom. The third kappa shape index (κ3) is 5.15. The molecule has 2 aromatic rings. The third-order valence-electron chi connectivity index (χ3n) is 3.45. The molecule has 2 aromatic carbocycles. The fraction of sp³-hybridized carbons (Fsp3) is 0.278. The van der Waals surface area contributed by atoms with Crippen molar-refractivity contribution >= 4 is 6.03 Å². The van der Waals surface area contributed by atoms with Crippen molar-refractivity contribution < 1.29 is 18.7 Å². The van der Waals surface area contributed by atoms with Crippen LogP contribution >= 0.6 is 0 Å². The van der Waals surface area contributed by atoms with Crippen molar-refractivity contribution in [3.63, 3.8) is 0 Å². The molecule has 128 valence electrons. The molecule has 0 spiro atoms. The van der Waals surface area contributed by atoms with Gasteiger partial charge in [-0.1, -0.05) is 24.3 Å². The summed E-state index contributed by atoms with van der Waals surface area (Å²) >= 11 is 0. The Morgan fingerprint density at radius 1 is 1.21 bits per heavy atom. The number of likely N-dealkylation sites (N-methyl/N-ethyl adjacent to an activating group) is 1. The van der Waals surface area contributed by atoms with E-state index in [0.717, 1.165) is 11.3 Å². The molecule has 1 N–H and O–H groups in total. The van der Waals surface area contributed by atoms with Gasteiger partial charge in [0.05, 0.1) is 13.7 Å². The molecule has 0 aliphatic heterocycles. The van der Waals surface area contributed by atoms with Crippen LogP contribution in [0, 0.1) is 5.82 Å². The molecule has 5 nitrogen and oxygen atoms in total. The van der Waals surface area contributed by atoms with E-state index in [1.165, 1.54) is 11.0 Å². The summed E-state index contributed by atoms with van der Waals surface area (Å²) in [5.41, 5.74) is 0.943. The molecular formula is C18H21FN2O3. The lowest BCUT2D eigenvalue weighted by Crippen LogP contribution is -2.39. The molecule has 0 radical (unpaired) electrons. The average molecular weight is 332 g/mol. The van der Waals surface area contributed by atoms with Gasteiger partial charge in [-0.15, -0.1) is 0 Å². The number of urea groups is 1. The topological polar surface area (TPSA) is 50.8 Å². The lowest BCUT2D eigenvalue weighted by atomic mass is 10.2. The van der Waals surface area contributed by atoms with E-state index in [2.05, 4.69) is 5.32 Å². The van der Waals surface area contributed by atoms with Gasteiger partial charge in [-0.25, -0.2) is 9.18 Å². The van der Waals surface area contributed by atoms with Crippen LogP contribution in [0.2, 0.25) is 0 Å². The molecule has 6 heteroatoms. The predicted octanol–water partition coefficient (Wildman–Crippen LogP) is 3.05. The maximum atomic E-state index is 13.4. The molecule has 0 unspecified atom stereocenters. The smallest absolute Gasteiger partial charge is 0.317 e. The molecule has 0 aliphatic carbocycles. The number of ether oxygens (including phenoxy) is 2. The number of nitrogens with zero attached hydrogens (tertiary/aromatic N) is 1. The van der Waals surface area contributed by atoms with Crippen LogP contribution in [0.15, 0.2) is 48.5 Å². The van der Waals surface area contributed by atoms with Gasteiger partial charge in [0.25, 0.3) is 0 Å². The van der Waals surface area contributed by atoms with E-state index in [-0.39, 0.29) is 18.4 Å². The Kier molecular flexibility index (Phi) is 6.42. The fourth-order valence-electron chi connectivity index (χ4n) is 2.05. The minimum absolute atomic E-state index is 0.183. The number of methoxy groups -OCH3 is 1. The van der Waals surface area contributed by atoms with Crippen molar-refractivity contribution in [2.75, 3.05) is 27.3 Å². The number of amides is 2. The molecule has 0 saturated carbocycles. The molecule has 0 aliphatic rings. The van der Waals surface area contributed by atoms with Crippen molar-refractivity contribution in [1.82, 2.24) is 10.2 Å². The lowest BCUT2D eigenvalue weighted by Gasteiger charge is -2.18. The zero-order valence-electron chi connectivity index (χ0n) is 13.8. The highest BCUT2D eigenvalue weighted by molar-refractivity contribution is 5.73. The second-order valence-electron chi connectivity index (χ2n) is 5.21. The minimum Gasteiger partial charge on any atom is -0.497 e. The standard InChI is InChI=1S/C18H21FN2O3/c1-21(10-11-24-17-9-4-3-8-16(17)19)18(22)20-13-14-6-5-7-15(12-14)23-2/h3-9,12H,10-11,13H2,1-2H3,(H,20,22). The SMILES string of the molecule is COc1cccc(CNC(=O)N(C)CCOc2ccccc2F)c1. The maximum absolute atomic E-state index is 13.4. The van der Waals surface area contributed by atoms with Gasteiger partial charge >= 0.3 is 6.03 Å². The van der Waals surface area contributed by atoms with Gasteiger partial charge in [0, 0.05) is 13.6 Å². The largest absolute Gasteiger partial charge is 0.497 e. The molecule has 2 amide bonds. The zero-order valence-corrected chi connectivity index (χ0v) is 13.8. The summed E-state index contributed by atoms with van der Waals surface area (Å²) in [6.45, 7) is 0.955. The summed E-state index contributed by atoms with van der Waals surface area (Å²) in [5.74, 6) is 0.513. The van der Waals surface area contributed by atoms with Crippen LogP contribution in [0.1, 0.15) is 5.56 Å². The highest BCUT2D eigenvalue weighted by Gasteiger charge is 2.09. The number of hydrogen-bond donors (Lipinski definition) is 1. The fourth-order valence-corrected chi connectivity index (χ4v) is 2.05. The van der Waals surface area contributed by atoms with Crippen molar-refractivity contribution in [3.8, 4) is 11.5 Å². The molecule has 0 aromatic heterocycles. The Hall–Kier alpha value is -2.76. The first-order valence-corrected chi connectivity index (χ1v) is 7.59. The number of carbonyl (C=O) groups is 1. The van der Waals surface area contributed by atoms with Crippen LogP contribution in [-0.2, 0) is 6.54 Å². The maximum Gasteiger partial charge on any atom is 0.317 e. The van der Waals surface area contributed by atoms with Gasteiger partial charge in [0.15, 0.2) is 11.6 Å². The van der Waals surface area contributed by atoms with Crippen LogP contribution in [-0.4, -0.2) is 38.2 Å². The van der Waals surface area contributed by atoms with Gasteiger partial charge in [-0.2, -0.15) is 0 Å². The van der Waals surface area contributed by atoms with E-state index in [0.29, 0.717) is 13.1 Å². The average Bonchev–Trinajstić information content (AvgIpc) is 2.61. The summed E-state index contributed by atoms with van der Waals surface area (Å²) in [6.07, 6.45) is 0. The summed E-state index contributed by atoms with van der Waals surface area (Å²) in [4.78, 5) is 13.5.